The van der Waals surface area contributed by atoms with Crippen molar-refractivity contribution >= 4 is 50.6 Å². The fourth-order valence-corrected chi connectivity index (χ4v) is 4.75. The second-order valence-corrected chi connectivity index (χ2v) is 8.84. The van der Waals surface area contributed by atoms with Gasteiger partial charge in [-0.3, -0.25) is 14.0 Å². The monoisotopic (exact) mass is 538 g/mol. The van der Waals surface area contributed by atoms with Crippen LogP contribution in [-0.2, 0) is 19.5 Å². The Kier molecular flexibility index (Phi) is 5.31. The van der Waals surface area contributed by atoms with E-state index in [1.165, 1.54) is 24.4 Å². The molecule has 0 saturated heterocycles. The number of carbonyl (C=O) groups excluding carboxylic acids is 1. The van der Waals surface area contributed by atoms with Crippen LogP contribution in [0.2, 0.25) is 10.2 Å². The molecule has 1 aromatic carbocycles. The van der Waals surface area contributed by atoms with E-state index < -0.39 is 11.7 Å². The van der Waals surface area contributed by atoms with Crippen LogP contribution in [0.1, 0.15) is 27.4 Å². The van der Waals surface area contributed by atoms with Gasteiger partial charge < -0.3 is 14.5 Å². The van der Waals surface area contributed by atoms with Crippen molar-refractivity contribution in [3.8, 4) is 0 Å². The molecule has 0 radical (unpaired) electrons. The van der Waals surface area contributed by atoms with Gasteiger partial charge in [0.1, 0.15) is 16.5 Å². The molecule has 3 aromatic heterocycles. The maximum atomic E-state index is 14.6. The predicted molar refractivity (Wildman–Crippen MR) is 120 cm³/mol. The molecule has 1 amide bonds. The number of carbonyl (C=O) groups is 1. The van der Waals surface area contributed by atoms with Crippen LogP contribution in [-0.4, -0.2) is 41.5 Å². The van der Waals surface area contributed by atoms with Crippen molar-refractivity contribution in [3.63, 3.8) is 0 Å². The summed E-state index contributed by atoms with van der Waals surface area (Å²) in [6.07, 6.45) is 1.82. The lowest BCUT2D eigenvalue weighted by molar-refractivity contribution is 0.0702. The SMILES string of the molecule is O=C(c1cc(Cc2c[nH]c(=O)c3cc(Cl)c(Cl)n23)ccc1F)N1CCn2c(Br)nnc2C1. The molecule has 32 heavy (non-hydrogen) atoms. The summed E-state index contributed by atoms with van der Waals surface area (Å²) < 4.78 is 18.6. The van der Waals surface area contributed by atoms with Gasteiger partial charge in [-0.25, -0.2) is 4.39 Å². The fraction of sp³-hybridized carbons (Fsp3) is 0.200. The van der Waals surface area contributed by atoms with E-state index in [1.54, 1.807) is 15.4 Å². The number of hydrogen-bond acceptors (Lipinski definition) is 4. The maximum absolute atomic E-state index is 14.6. The summed E-state index contributed by atoms with van der Waals surface area (Å²) in [6, 6.07) is 5.85. The molecule has 4 aromatic rings. The summed E-state index contributed by atoms with van der Waals surface area (Å²) in [6.45, 7) is 1.15. The van der Waals surface area contributed by atoms with E-state index in [1.807, 2.05) is 4.57 Å². The highest BCUT2D eigenvalue weighted by Crippen LogP contribution is 2.27. The molecule has 0 atom stereocenters. The minimum atomic E-state index is -0.611. The first-order chi connectivity index (χ1) is 15.3. The summed E-state index contributed by atoms with van der Waals surface area (Å²) in [7, 11) is 0. The van der Waals surface area contributed by atoms with E-state index in [-0.39, 0.29) is 27.8 Å². The Morgan fingerprint density at radius 2 is 2.03 bits per heavy atom. The number of rotatable bonds is 3. The van der Waals surface area contributed by atoms with Crippen molar-refractivity contribution in [2.24, 2.45) is 0 Å². The summed E-state index contributed by atoms with van der Waals surface area (Å²) in [5.41, 5.74) is 1.25. The Morgan fingerprint density at radius 1 is 1.22 bits per heavy atom. The maximum Gasteiger partial charge on any atom is 0.272 e. The number of fused-ring (bicyclic) bond motifs is 2. The van der Waals surface area contributed by atoms with Gasteiger partial charge in [-0.15, -0.1) is 10.2 Å². The number of aromatic amines is 1. The average Bonchev–Trinajstić information content (AvgIpc) is 3.31. The Morgan fingerprint density at radius 3 is 2.84 bits per heavy atom. The molecule has 8 nitrogen and oxygen atoms in total. The van der Waals surface area contributed by atoms with Crippen molar-refractivity contribution in [1.82, 2.24) is 29.0 Å². The molecule has 0 spiro atoms. The summed E-state index contributed by atoms with van der Waals surface area (Å²) in [5, 5.41) is 8.47. The van der Waals surface area contributed by atoms with E-state index in [4.69, 9.17) is 23.2 Å². The fourth-order valence-electron chi connectivity index (χ4n) is 3.84. The number of H-pyrrole nitrogens is 1. The average molecular weight is 540 g/mol. The van der Waals surface area contributed by atoms with Gasteiger partial charge in [0.25, 0.3) is 11.5 Å². The van der Waals surface area contributed by atoms with Crippen molar-refractivity contribution in [1.29, 1.82) is 0 Å². The van der Waals surface area contributed by atoms with Crippen molar-refractivity contribution in [2.75, 3.05) is 6.54 Å². The van der Waals surface area contributed by atoms with Gasteiger partial charge in [-0.1, -0.05) is 29.3 Å². The van der Waals surface area contributed by atoms with Gasteiger partial charge in [0.05, 0.1) is 17.1 Å². The van der Waals surface area contributed by atoms with Crippen LogP contribution >= 0.6 is 39.1 Å². The summed E-state index contributed by atoms with van der Waals surface area (Å²) >= 11 is 15.7. The Bertz CT molecular complexity index is 1450. The topological polar surface area (TPSA) is 88.3 Å². The molecule has 0 unspecified atom stereocenters. The molecule has 164 valence electrons. The number of nitrogens with one attached hydrogen (secondary N) is 1. The molecular formula is C20H14BrCl2FN6O2. The van der Waals surface area contributed by atoms with Crippen molar-refractivity contribution in [2.45, 2.75) is 19.5 Å². The predicted octanol–water partition coefficient (Wildman–Crippen LogP) is 3.67. The zero-order valence-corrected chi connectivity index (χ0v) is 19.4. The van der Waals surface area contributed by atoms with Gasteiger partial charge in [0, 0.05) is 31.4 Å². The number of hydrogen-bond donors (Lipinski definition) is 1. The Hall–Kier alpha value is -2.69. The largest absolute Gasteiger partial charge is 0.329 e. The van der Waals surface area contributed by atoms with E-state index in [0.717, 1.165) is 0 Å². The molecule has 0 fully saturated rings. The number of benzene rings is 1. The van der Waals surface area contributed by atoms with E-state index >= 15 is 0 Å². The first kappa shape index (κ1) is 21.2. The van der Waals surface area contributed by atoms with Gasteiger partial charge in [-0.2, -0.15) is 0 Å². The lowest BCUT2D eigenvalue weighted by Crippen LogP contribution is -2.38. The molecule has 1 aliphatic rings. The minimum Gasteiger partial charge on any atom is -0.329 e. The normalized spacial score (nSPS) is 13.6. The van der Waals surface area contributed by atoms with Gasteiger partial charge in [-0.05, 0) is 39.7 Å². The van der Waals surface area contributed by atoms with Crippen LogP contribution in [0.25, 0.3) is 5.52 Å². The van der Waals surface area contributed by atoms with Gasteiger partial charge in [0.15, 0.2) is 10.6 Å². The molecule has 0 aliphatic carbocycles. The molecule has 5 rings (SSSR count). The standard InChI is InChI=1S/C20H14BrCl2FN6O2/c21-20-27-26-16-9-28(3-4-29(16)20)19(32)12-6-10(1-2-14(12)24)5-11-8-25-18(31)15-7-13(22)17(23)30(11)15/h1-2,6-8H,3-5,9H2,(H,25,31). The van der Waals surface area contributed by atoms with E-state index in [2.05, 4.69) is 31.1 Å². The molecule has 12 heteroatoms. The molecule has 0 bridgehead atoms. The minimum absolute atomic E-state index is 0.0353. The third-order valence-corrected chi connectivity index (χ3v) is 6.77. The quantitative estimate of drug-likeness (QED) is 0.430. The first-order valence-electron chi connectivity index (χ1n) is 9.56. The second-order valence-electron chi connectivity index (χ2n) is 7.37. The van der Waals surface area contributed by atoms with Crippen LogP contribution in [0, 0.1) is 5.82 Å². The summed E-state index contributed by atoms with van der Waals surface area (Å²) in [5.74, 6) is -0.410. The highest BCUT2D eigenvalue weighted by molar-refractivity contribution is 9.10. The van der Waals surface area contributed by atoms with Crippen molar-refractivity contribution < 1.29 is 9.18 Å². The number of amides is 1. The molecule has 1 N–H and O–H groups in total. The molecule has 0 saturated carbocycles. The van der Waals surface area contributed by atoms with Gasteiger partial charge >= 0.3 is 0 Å². The Balaban J connectivity index is 1.46. The highest BCUT2D eigenvalue weighted by Gasteiger charge is 2.26. The van der Waals surface area contributed by atoms with Crippen LogP contribution in [0.4, 0.5) is 4.39 Å². The van der Waals surface area contributed by atoms with Crippen LogP contribution in [0.5, 0.6) is 0 Å². The second kappa shape index (κ2) is 8.02. The number of aromatic nitrogens is 5. The van der Waals surface area contributed by atoms with E-state index in [9.17, 15) is 14.0 Å². The number of nitrogens with zero attached hydrogens (tertiary/aromatic N) is 5. The Labute approximate surface area is 198 Å². The molecular weight excluding hydrogens is 526 g/mol. The smallest absolute Gasteiger partial charge is 0.272 e. The van der Waals surface area contributed by atoms with Crippen LogP contribution < -0.4 is 5.56 Å². The molecule has 4 heterocycles. The zero-order chi connectivity index (χ0) is 22.6. The van der Waals surface area contributed by atoms with Gasteiger partial charge in [0.2, 0.25) is 0 Å². The highest BCUT2D eigenvalue weighted by atomic mass is 79.9. The third-order valence-electron chi connectivity index (χ3n) is 5.43. The van der Waals surface area contributed by atoms with Crippen molar-refractivity contribution in [3.05, 3.63) is 84.2 Å². The van der Waals surface area contributed by atoms with E-state index in [0.29, 0.717) is 46.8 Å². The zero-order valence-electron chi connectivity index (χ0n) is 16.3. The van der Waals surface area contributed by atoms with Crippen LogP contribution in [0.3, 0.4) is 0 Å². The molecule has 1 aliphatic heterocycles. The summed E-state index contributed by atoms with van der Waals surface area (Å²) in [4.78, 5) is 29.4. The van der Waals surface area contributed by atoms with Crippen LogP contribution in [0.15, 0.2) is 40.0 Å². The lowest BCUT2D eigenvalue weighted by atomic mass is 10.0. The third kappa shape index (κ3) is 3.52. The lowest BCUT2D eigenvalue weighted by Gasteiger charge is -2.27. The number of halogens is 4. The first-order valence-corrected chi connectivity index (χ1v) is 11.1.